The molecule has 1 aromatic rings. The van der Waals surface area contributed by atoms with Gasteiger partial charge in [-0.2, -0.15) is 0 Å². The van der Waals surface area contributed by atoms with E-state index in [1.165, 1.54) is 0 Å². The van der Waals surface area contributed by atoms with E-state index in [1.54, 1.807) is 12.3 Å². The lowest BCUT2D eigenvalue weighted by atomic mass is 10.0. The van der Waals surface area contributed by atoms with Crippen molar-refractivity contribution in [1.82, 2.24) is 9.88 Å². The van der Waals surface area contributed by atoms with Gasteiger partial charge >= 0.3 is 0 Å². The number of rotatable bonds is 2. The van der Waals surface area contributed by atoms with Crippen LogP contribution in [0.5, 0.6) is 0 Å². The summed E-state index contributed by atoms with van der Waals surface area (Å²) in [4.78, 5) is 3.41. The van der Waals surface area contributed by atoms with Gasteiger partial charge in [0.2, 0.25) is 5.69 Å². The first-order chi connectivity index (χ1) is 8.07. The van der Waals surface area contributed by atoms with Crippen LogP contribution in [0.1, 0.15) is 25.1 Å². The van der Waals surface area contributed by atoms with E-state index in [2.05, 4.69) is 10.2 Å². The maximum Gasteiger partial charge on any atom is 0.262 e. The third-order valence-electron chi connectivity index (χ3n) is 3.15. The fourth-order valence-corrected chi connectivity index (χ4v) is 2.38. The summed E-state index contributed by atoms with van der Waals surface area (Å²) in [7, 11) is 0. The molecule has 0 unspecified atom stereocenters. The van der Waals surface area contributed by atoms with Gasteiger partial charge in [-0.05, 0) is 18.7 Å². The number of aromatic nitrogens is 1. The Bertz CT molecular complexity index is 445. The zero-order valence-corrected chi connectivity index (χ0v) is 9.71. The van der Waals surface area contributed by atoms with Crippen molar-refractivity contribution in [3.8, 4) is 0 Å². The Kier molecular flexibility index (Phi) is 3.16. The first kappa shape index (κ1) is 12.1. The second-order valence-corrected chi connectivity index (χ2v) is 4.37. The minimum atomic E-state index is -2.66. The van der Waals surface area contributed by atoms with Gasteiger partial charge in [0.05, 0.1) is 19.2 Å². The second kappa shape index (κ2) is 4.46. The number of alkyl halides is 2. The van der Waals surface area contributed by atoms with Gasteiger partial charge in [0.25, 0.3) is 5.92 Å². The van der Waals surface area contributed by atoms with E-state index in [9.17, 15) is 8.78 Å². The van der Waals surface area contributed by atoms with Crippen molar-refractivity contribution in [2.45, 2.75) is 31.7 Å². The van der Waals surface area contributed by atoms with Crippen molar-refractivity contribution in [1.29, 1.82) is 0 Å². The Labute approximate surface area is 99.2 Å². The average molecular weight is 239 g/mol. The summed E-state index contributed by atoms with van der Waals surface area (Å²) in [6, 6.07) is 1.45. The molecule has 92 valence electrons. The van der Waals surface area contributed by atoms with Gasteiger partial charge in [-0.25, -0.2) is 13.6 Å². The fourth-order valence-electron chi connectivity index (χ4n) is 2.38. The zero-order valence-electron chi connectivity index (χ0n) is 9.71. The van der Waals surface area contributed by atoms with Crippen LogP contribution < -0.4 is 5.32 Å². The molecule has 1 saturated heterocycles. The smallest absolute Gasteiger partial charge is 0.262 e. The van der Waals surface area contributed by atoms with Crippen LogP contribution in [0, 0.1) is 6.57 Å². The molecular formula is C12H15F2N3. The molecule has 5 heteroatoms. The molecule has 1 N–H and O–H groups in total. The lowest BCUT2D eigenvalue weighted by Crippen LogP contribution is -2.44. The van der Waals surface area contributed by atoms with E-state index in [1.807, 2.05) is 11.5 Å². The Hall–Kier alpha value is -1.41. The molecule has 0 aromatic carbocycles. The van der Waals surface area contributed by atoms with Crippen LogP contribution in [0.3, 0.4) is 0 Å². The van der Waals surface area contributed by atoms with Gasteiger partial charge in [0.1, 0.15) is 0 Å². The molecule has 0 saturated carbocycles. The Morgan fingerprint density at radius 2 is 2.41 bits per heavy atom. The fraction of sp³-hybridized carbons (Fsp3) is 0.583. The highest BCUT2D eigenvalue weighted by atomic mass is 19.3. The van der Waals surface area contributed by atoms with Crippen LogP contribution >= 0.6 is 0 Å². The van der Waals surface area contributed by atoms with Gasteiger partial charge in [-0.1, -0.05) is 6.92 Å². The van der Waals surface area contributed by atoms with E-state index >= 15 is 0 Å². The maximum absolute atomic E-state index is 13.3. The first-order valence-corrected chi connectivity index (χ1v) is 5.73. The Morgan fingerprint density at radius 3 is 3.00 bits per heavy atom. The van der Waals surface area contributed by atoms with Crippen LogP contribution in [-0.4, -0.2) is 23.6 Å². The largest absolute Gasteiger partial charge is 0.358 e. The molecule has 1 fully saturated rings. The molecule has 2 rings (SSSR count). The number of nitrogens with zero attached hydrogens (tertiary/aromatic N) is 2. The summed E-state index contributed by atoms with van der Waals surface area (Å²) in [6.45, 7) is 9.27. The molecule has 0 amide bonds. The summed E-state index contributed by atoms with van der Waals surface area (Å²) in [5.41, 5.74) is 1.42. The Balaban J connectivity index is 2.28. The average Bonchev–Trinajstić information content (AvgIpc) is 2.70. The van der Waals surface area contributed by atoms with Gasteiger partial charge in [0, 0.05) is 18.7 Å². The number of piperidine rings is 1. The van der Waals surface area contributed by atoms with Gasteiger partial charge in [-0.15, -0.1) is 0 Å². The lowest BCUT2D eigenvalue weighted by molar-refractivity contribution is -0.0367. The third-order valence-corrected chi connectivity index (χ3v) is 3.15. The highest BCUT2D eigenvalue weighted by molar-refractivity contribution is 5.50. The van der Waals surface area contributed by atoms with E-state index in [0.717, 1.165) is 5.69 Å². The van der Waals surface area contributed by atoms with E-state index in [4.69, 9.17) is 6.57 Å². The predicted octanol–water partition coefficient (Wildman–Crippen LogP) is 2.77. The normalized spacial score (nSPS) is 23.3. The molecule has 17 heavy (non-hydrogen) atoms. The topological polar surface area (TPSA) is 21.3 Å². The van der Waals surface area contributed by atoms with Crippen LogP contribution in [0.4, 0.5) is 14.5 Å². The minimum absolute atomic E-state index is 0.154. The van der Waals surface area contributed by atoms with Crippen LogP contribution in [0.15, 0.2) is 12.3 Å². The number of nitrogens with one attached hydrogen (secondary N) is 1. The second-order valence-electron chi connectivity index (χ2n) is 4.37. The highest BCUT2D eigenvalue weighted by Gasteiger charge is 2.37. The molecule has 1 aliphatic heterocycles. The van der Waals surface area contributed by atoms with Crippen LogP contribution in [-0.2, 0) is 6.42 Å². The number of hydrogen-bond donors (Lipinski definition) is 1. The van der Waals surface area contributed by atoms with Crippen LogP contribution in [0.25, 0.3) is 4.85 Å². The first-order valence-electron chi connectivity index (χ1n) is 5.73. The minimum Gasteiger partial charge on any atom is -0.358 e. The molecule has 0 radical (unpaired) electrons. The molecule has 0 aliphatic carbocycles. The lowest BCUT2D eigenvalue weighted by Gasteiger charge is -2.32. The standard InChI is InChI=1S/C12H15F2N3/c1-3-11-10(15-2)4-5-17(11)9-6-12(13,14)8-16-7-9/h4-5,9,16H,3,6-8H2,1H3/t9-/m1/s1. The molecule has 0 bridgehead atoms. The predicted molar refractivity (Wildman–Crippen MR) is 61.5 cm³/mol. The molecule has 3 nitrogen and oxygen atoms in total. The zero-order chi connectivity index (χ0) is 12.5. The summed E-state index contributed by atoms with van der Waals surface area (Å²) in [6.07, 6.45) is 2.28. The molecule has 1 aromatic heterocycles. The van der Waals surface area contributed by atoms with Crippen molar-refractivity contribution in [3.63, 3.8) is 0 Å². The maximum atomic E-state index is 13.3. The third kappa shape index (κ3) is 2.32. The summed E-state index contributed by atoms with van der Waals surface area (Å²) in [5, 5.41) is 2.75. The van der Waals surface area contributed by atoms with Crippen molar-refractivity contribution in [2.75, 3.05) is 13.1 Å². The Morgan fingerprint density at radius 1 is 1.65 bits per heavy atom. The van der Waals surface area contributed by atoms with E-state index in [-0.39, 0.29) is 19.0 Å². The SMILES string of the molecule is [C-]#[N+]c1ccn([C@H]2CNCC(F)(F)C2)c1CC. The van der Waals surface area contributed by atoms with Crippen molar-refractivity contribution >= 4 is 5.69 Å². The van der Waals surface area contributed by atoms with Crippen molar-refractivity contribution in [2.24, 2.45) is 0 Å². The van der Waals surface area contributed by atoms with Crippen LogP contribution in [0.2, 0.25) is 0 Å². The van der Waals surface area contributed by atoms with Gasteiger partial charge in [-0.3, -0.25) is 0 Å². The van der Waals surface area contributed by atoms with Crippen molar-refractivity contribution in [3.05, 3.63) is 29.4 Å². The van der Waals surface area contributed by atoms with E-state index < -0.39 is 5.92 Å². The highest BCUT2D eigenvalue weighted by Crippen LogP contribution is 2.33. The monoisotopic (exact) mass is 239 g/mol. The molecule has 2 heterocycles. The molecule has 1 aliphatic rings. The molecule has 0 spiro atoms. The van der Waals surface area contributed by atoms with Gasteiger partial charge < -0.3 is 9.88 Å². The number of halogens is 2. The van der Waals surface area contributed by atoms with Crippen molar-refractivity contribution < 1.29 is 8.78 Å². The molecule has 1 atom stereocenters. The summed E-state index contributed by atoms with van der Waals surface area (Å²) in [5.74, 6) is -2.66. The summed E-state index contributed by atoms with van der Waals surface area (Å²) >= 11 is 0. The van der Waals surface area contributed by atoms with Gasteiger partial charge in [0.15, 0.2) is 0 Å². The van der Waals surface area contributed by atoms with E-state index in [0.29, 0.717) is 18.7 Å². The summed E-state index contributed by atoms with van der Waals surface area (Å²) < 4.78 is 28.5. The quantitative estimate of drug-likeness (QED) is 0.787. The number of hydrogen-bond acceptors (Lipinski definition) is 1. The molecular weight excluding hydrogens is 224 g/mol.